The van der Waals surface area contributed by atoms with Crippen molar-refractivity contribution in [3.05, 3.63) is 95.1 Å². The first-order chi connectivity index (χ1) is 13.6. The number of hydrazone groups is 1. The van der Waals surface area contributed by atoms with Crippen LogP contribution in [0, 0.1) is 6.92 Å². The Morgan fingerprint density at radius 3 is 2.21 bits per heavy atom. The third-order valence-corrected chi connectivity index (χ3v) is 4.14. The minimum atomic E-state index is -0.281. The molecular formula is C23H22N2O3. The minimum Gasteiger partial charge on any atom is -0.497 e. The fraction of sp³-hybridized carbons (Fsp3) is 0.130. The Morgan fingerprint density at radius 2 is 1.57 bits per heavy atom. The maximum absolute atomic E-state index is 12.0. The van der Waals surface area contributed by atoms with Gasteiger partial charge in [-0.1, -0.05) is 29.8 Å². The highest BCUT2D eigenvalue weighted by Crippen LogP contribution is 2.14. The monoisotopic (exact) mass is 374 g/mol. The van der Waals surface area contributed by atoms with Gasteiger partial charge in [0.2, 0.25) is 0 Å². The van der Waals surface area contributed by atoms with E-state index in [-0.39, 0.29) is 5.91 Å². The number of nitrogens with one attached hydrogen (secondary N) is 1. The first kappa shape index (κ1) is 19.2. The molecule has 0 heterocycles. The van der Waals surface area contributed by atoms with Crippen LogP contribution in [-0.2, 0) is 6.61 Å². The maximum Gasteiger partial charge on any atom is 0.271 e. The van der Waals surface area contributed by atoms with Gasteiger partial charge in [0.05, 0.1) is 13.3 Å². The molecule has 0 saturated carbocycles. The molecule has 0 aliphatic carbocycles. The second-order valence-corrected chi connectivity index (χ2v) is 6.27. The Morgan fingerprint density at radius 1 is 0.929 bits per heavy atom. The van der Waals surface area contributed by atoms with Gasteiger partial charge in [-0.25, -0.2) is 5.43 Å². The molecule has 5 nitrogen and oxygen atoms in total. The second kappa shape index (κ2) is 9.37. The topological polar surface area (TPSA) is 59.9 Å². The van der Waals surface area contributed by atoms with Crippen molar-refractivity contribution in [2.24, 2.45) is 5.10 Å². The fourth-order valence-electron chi connectivity index (χ4n) is 2.47. The molecule has 0 saturated heterocycles. The number of carbonyl (C=O) groups excluding carboxylic acids is 1. The highest BCUT2D eigenvalue weighted by atomic mass is 16.5. The van der Waals surface area contributed by atoms with E-state index in [9.17, 15) is 4.79 Å². The van der Waals surface area contributed by atoms with Crippen LogP contribution in [0.1, 0.15) is 27.0 Å². The van der Waals surface area contributed by atoms with Crippen molar-refractivity contribution in [1.29, 1.82) is 0 Å². The number of amides is 1. The molecule has 0 aliphatic heterocycles. The van der Waals surface area contributed by atoms with E-state index in [0.717, 1.165) is 16.9 Å². The summed E-state index contributed by atoms with van der Waals surface area (Å²) < 4.78 is 10.9. The minimum absolute atomic E-state index is 0.281. The molecule has 3 aromatic rings. The van der Waals surface area contributed by atoms with Gasteiger partial charge in [-0.2, -0.15) is 5.10 Å². The standard InChI is InChI=1S/C23H22N2O3/c1-17-3-5-19(6-4-17)16-28-22-11-7-18(8-12-22)15-24-25-23(26)20-9-13-21(27-2)14-10-20/h3-15H,16H2,1-2H3,(H,25,26). The zero-order valence-corrected chi connectivity index (χ0v) is 15.9. The molecule has 0 spiro atoms. The average molecular weight is 374 g/mol. The van der Waals surface area contributed by atoms with Crippen LogP contribution >= 0.6 is 0 Å². The van der Waals surface area contributed by atoms with Gasteiger partial charge in [0.15, 0.2) is 0 Å². The highest BCUT2D eigenvalue weighted by molar-refractivity contribution is 5.95. The summed E-state index contributed by atoms with van der Waals surface area (Å²) >= 11 is 0. The van der Waals surface area contributed by atoms with Crippen LogP contribution in [0.4, 0.5) is 0 Å². The van der Waals surface area contributed by atoms with Gasteiger partial charge in [-0.05, 0) is 66.6 Å². The summed E-state index contributed by atoms with van der Waals surface area (Å²) in [6.45, 7) is 2.58. The SMILES string of the molecule is COc1ccc(C(=O)NN=Cc2ccc(OCc3ccc(C)cc3)cc2)cc1. The molecule has 0 aromatic heterocycles. The number of hydrogen-bond acceptors (Lipinski definition) is 4. The molecule has 3 aromatic carbocycles. The van der Waals surface area contributed by atoms with Crippen LogP contribution in [0.5, 0.6) is 11.5 Å². The van der Waals surface area contributed by atoms with E-state index >= 15 is 0 Å². The van der Waals surface area contributed by atoms with Crippen molar-refractivity contribution < 1.29 is 14.3 Å². The van der Waals surface area contributed by atoms with Gasteiger partial charge in [-0.3, -0.25) is 4.79 Å². The summed E-state index contributed by atoms with van der Waals surface area (Å²) in [6, 6.07) is 22.6. The van der Waals surface area contributed by atoms with Crippen LogP contribution in [0.25, 0.3) is 0 Å². The number of hydrogen-bond donors (Lipinski definition) is 1. The van der Waals surface area contributed by atoms with Crippen LogP contribution in [0.15, 0.2) is 77.9 Å². The normalized spacial score (nSPS) is 10.6. The molecule has 0 unspecified atom stereocenters. The summed E-state index contributed by atoms with van der Waals surface area (Å²) in [7, 11) is 1.58. The van der Waals surface area contributed by atoms with Crippen molar-refractivity contribution in [2.75, 3.05) is 7.11 Å². The molecular weight excluding hydrogens is 352 g/mol. The lowest BCUT2D eigenvalue weighted by Gasteiger charge is -2.07. The van der Waals surface area contributed by atoms with Crippen LogP contribution in [-0.4, -0.2) is 19.2 Å². The summed E-state index contributed by atoms with van der Waals surface area (Å²) in [5, 5.41) is 4.00. The van der Waals surface area contributed by atoms with Crippen molar-refractivity contribution in [2.45, 2.75) is 13.5 Å². The van der Waals surface area contributed by atoms with Gasteiger partial charge in [-0.15, -0.1) is 0 Å². The third kappa shape index (κ3) is 5.45. The smallest absolute Gasteiger partial charge is 0.271 e. The van der Waals surface area contributed by atoms with Gasteiger partial charge in [0.1, 0.15) is 18.1 Å². The van der Waals surface area contributed by atoms with E-state index in [4.69, 9.17) is 9.47 Å². The van der Waals surface area contributed by atoms with Gasteiger partial charge in [0.25, 0.3) is 5.91 Å². The zero-order chi connectivity index (χ0) is 19.8. The lowest BCUT2D eigenvalue weighted by atomic mass is 10.2. The van der Waals surface area contributed by atoms with Crippen LogP contribution < -0.4 is 14.9 Å². The van der Waals surface area contributed by atoms with Crippen LogP contribution in [0.3, 0.4) is 0 Å². The lowest BCUT2D eigenvalue weighted by molar-refractivity contribution is 0.0955. The van der Waals surface area contributed by atoms with E-state index in [1.165, 1.54) is 5.56 Å². The van der Waals surface area contributed by atoms with Crippen LogP contribution in [0.2, 0.25) is 0 Å². The Kier molecular flexibility index (Phi) is 6.41. The number of nitrogens with zero attached hydrogens (tertiary/aromatic N) is 1. The van der Waals surface area contributed by atoms with E-state index in [2.05, 4.69) is 41.7 Å². The van der Waals surface area contributed by atoms with E-state index < -0.39 is 0 Å². The van der Waals surface area contributed by atoms with Gasteiger partial charge in [0, 0.05) is 5.56 Å². The predicted octanol–water partition coefficient (Wildman–Crippen LogP) is 4.35. The van der Waals surface area contributed by atoms with E-state index in [1.807, 2.05) is 24.3 Å². The van der Waals surface area contributed by atoms with Crippen molar-refractivity contribution in [3.8, 4) is 11.5 Å². The predicted molar refractivity (Wildman–Crippen MR) is 110 cm³/mol. The number of aryl methyl sites for hydroxylation is 1. The van der Waals surface area contributed by atoms with Gasteiger partial charge < -0.3 is 9.47 Å². The summed E-state index contributed by atoms with van der Waals surface area (Å²) in [5.41, 5.74) is 6.23. The molecule has 0 fully saturated rings. The van der Waals surface area contributed by atoms with E-state index in [1.54, 1.807) is 37.6 Å². The first-order valence-electron chi connectivity index (χ1n) is 8.90. The molecule has 1 amide bonds. The number of rotatable bonds is 7. The number of ether oxygens (including phenoxy) is 2. The fourth-order valence-corrected chi connectivity index (χ4v) is 2.47. The second-order valence-electron chi connectivity index (χ2n) is 6.27. The Bertz CT molecular complexity index is 931. The molecule has 0 aliphatic rings. The number of methoxy groups -OCH3 is 1. The van der Waals surface area contributed by atoms with Crippen molar-refractivity contribution >= 4 is 12.1 Å². The molecule has 28 heavy (non-hydrogen) atoms. The highest BCUT2D eigenvalue weighted by Gasteiger charge is 2.03. The Balaban J connectivity index is 1.50. The zero-order valence-electron chi connectivity index (χ0n) is 15.9. The molecule has 1 N–H and O–H groups in total. The molecule has 5 heteroatoms. The lowest BCUT2D eigenvalue weighted by Crippen LogP contribution is -2.17. The van der Waals surface area contributed by atoms with Gasteiger partial charge >= 0.3 is 0 Å². The Labute approximate surface area is 164 Å². The molecule has 0 bridgehead atoms. The van der Waals surface area contributed by atoms with Crippen molar-refractivity contribution in [3.63, 3.8) is 0 Å². The molecule has 0 atom stereocenters. The summed E-state index contributed by atoms with van der Waals surface area (Å²) in [5.74, 6) is 1.20. The average Bonchev–Trinajstić information content (AvgIpc) is 2.74. The molecule has 142 valence electrons. The summed E-state index contributed by atoms with van der Waals surface area (Å²) in [6.07, 6.45) is 1.59. The maximum atomic E-state index is 12.0. The number of benzene rings is 3. The largest absolute Gasteiger partial charge is 0.497 e. The van der Waals surface area contributed by atoms with E-state index in [0.29, 0.717) is 17.9 Å². The Hall–Kier alpha value is -3.60. The quantitative estimate of drug-likeness (QED) is 0.494. The molecule has 3 rings (SSSR count). The summed E-state index contributed by atoms with van der Waals surface area (Å²) in [4.78, 5) is 12.0. The van der Waals surface area contributed by atoms with Crippen molar-refractivity contribution in [1.82, 2.24) is 5.43 Å². The molecule has 0 radical (unpaired) electrons. The third-order valence-electron chi connectivity index (χ3n) is 4.14. The first-order valence-corrected chi connectivity index (χ1v) is 8.90. The number of carbonyl (C=O) groups is 1.